The van der Waals surface area contributed by atoms with Crippen LogP contribution in [0.3, 0.4) is 0 Å². The third kappa shape index (κ3) is 3.19. The third-order valence-corrected chi connectivity index (χ3v) is 1.95. The van der Waals surface area contributed by atoms with Crippen molar-refractivity contribution in [3.05, 3.63) is 0 Å². The third-order valence-electron chi connectivity index (χ3n) is 1.95. The monoisotopic (exact) mass is 172 g/mol. The number of piperazine rings is 1. The molecular weight excluding hydrogens is 156 g/mol. The van der Waals surface area contributed by atoms with Crippen LogP contribution in [0.2, 0.25) is 0 Å². The van der Waals surface area contributed by atoms with Crippen LogP contribution in [-0.4, -0.2) is 50.2 Å². The van der Waals surface area contributed by atoms with E-state index in [0.717, 1.165) is 19.6 Å². The van der Waals surface area contributed by atoms with E-state index in [4.69, 9.17) is 4.74 Å². The molecule has 1 fully saturated rings. The molecule has 0 saturated carbocycles. The molecule has 0 aromatic carbocycles. The summed E-state index contributed by atoms with van der Waals surface area (Å²) in [7, 11) is 2.07. The van der Waals surface area contributed by atoms with Crippen LogP contribution in [-0.2, 0) is 9.53 Å². The van der Waals surface area contributed by atoms with E-state index in [1.54, 1.807) is 0 Å². The Balaban J connectivity index is 2.18. The van der Waals surface area contributed by atoms with Crippen LogP contribution in [0.25, 0.3) is 0 Å². The maximum atomic E-state index is 10.5. The molecule has 1 N–H and O–H groups in total. The first-order valence-corrected chi connectivity index (χ1v) is 4.24. The topological polar surface area (TPSA) is 41.6 Å². The molecule has 1 rings (SSSR count). The van der Waals surface area contributed by atoms with E-state index in [9.17, 15) is 4.79 Å². The fraction of sp³-hybridized carbons (Fsp3) is 0.875. The minimum Gasteiger partial charge on any atom is -0.464 e. The normalized spacial score (nSPS) is 25.3. The molecule has 1 atom stereocenters. The van der Waals surface area contributed by atoms with Gasteiger partial charge in [-0.1, -0.05) is 0 Å². The van der Waals surface area contributed by atoms with Gasteiger partial charge in [-0.15, -0.1) is 0 Å². The molecule has 0 spiro atoms. The fourth-order valence-corrected chi connectivity index (χ4v) is 1.32. The lowest BCUT2D eigenvalue weighted by Crippen LogP contribution is -2.51. The molecule has 4 nitrogen and oxygen atoms in total. The minimum absolute atomic E-state index is 0.204. The van der Waals surface area contributed by atoms with Crippen molar-refractivity contribution in [2.75, 3.05) is 33.3 Å². The molecular formula is C8H16N2O2. The summed E-state index contributed by atoms with van der Waals surface area (Å²) in [5.74, 6) is -0.204. The van der Waals surface area contributed by atoms with E-state index in [2.05, 4.69) is 17.3 Å². The Morgan fingerprint density at radius 1 is 1.75 bits per heavy atom. The molecule has 0 bridgehead atoms. The Bertz CT molecular complexity index is 161. The number of nitrogens with zero attached hydrogens (tertiary/aromatic N) is 1. The highest BCUT2D eigenvalue weighted by Gasteiger charge is 2.16. The van der Waals surface area contributed by atoms with Crippen LogP contribution in [0, 0.1) is 0 Å². The van der Waals surface area contributed by atoms with E-state index in [-0.39, 0.29) is 5.97 Å². The van der Waals surface area contributed by atoms with Crippen molar-refractivity contribution in [1.29, 1.82) is 0 Å². The molecule has 1 aliphatic rings. The number of nitrogens with one attached hydrogen (secondary N) is 1. The van der Waals surface area contributed by atoms with Gasteiger partial charge in [-0.05, 0) is 7.05 Å². The molecule has 1 saturated heterocycles. The van der Waals surface area contributed by atoms with Gasteiger partial charge in [0.2, 0.25) is 0 Å². The van der Waals surface area contributed by atoms with Crippen molar-refractivity contribution in [2.45, 2.75) is 13.0 Å². The molecule has 1 heterocycles. The second-order valence-electron chi connectivity index (χ2n) is 3.22. The van der Waals surface area contributed by atoms with Gasteiger partial charge in [0, 0.05) is 26.6 Å². The largest absolute Gasteiger partial charge is 0.464 e. The summed E-state index contributed by atoms with van der Waals surface area (Å²) in [5.41, 5.74) is 0. The first-order chi connectivity index (χ1) is 5.68. The van der Waals surface area contributed by atoms with Gasteiger partial charge in [0.1, 0.15) is 6.61 Å². The van der Waals surface area contributed by atoms with Crippen LogP contribution < -0.4 is 5.32 Å². The summed E-state index contributed by atoms with van der Waals surface area (Å²) in [5, 5.41) is 3.29. The van der Waals surface area contributed by atoms with Gasteiger partial charge in [-0.3, -0.25) is 4.79 Å². The van der Waals surface area contributed by atoms with Gasteiger partial charge >= 0.3 is 5.97 Å². The highest BCUT2D eigenvalue weighted by Crippen LogP contribution is 1.96. The summed E-state index contributed by atoms with van der Waals surface area (Å²) in [6, 6.07) is 0.299. The zero-order valence-corrected chi connectivity index (χ0v) is 7.67. The van der Waals surface area contributed by atoms with Gasteiger partial charge in [0.25, 0.3) is 0 Å². The van der Waals surface area contributed by atoms with Crippen molar-refractivity contribution in [3.8, 4) is 0 Å². The molecule has 0 aromatic heterocycles. The molecule has 4 heteroatoms. The van der Waals surface area contributed by atoms with Crippen LogP contribution in [0.1, 0.15) is 6.92 Å². The van der Waals surface area contributed by atoms with Crippen molar-refractivity contribution in [1.82, 2.24) is 10.2 Å². The highest BCUT2D eigenvalue weighted by atomic mass is 16.5. The standard InChI is InChI=1S/C8H16N2O2/c1-7(11)12-6-8-5-10(2)4-3-9-8/h8-9H,3-6H2,1-2H3. The second-order valence-corrected chi connectivity index (χ2v) is 3.22. The molecule has 0 amide bonds. The number of esters is 1. The summed E-state index contributed by atoms with van der Waals surface area (Å²) in [6.45, 7) is 4.92. The lowest BCUT2D eigenvalue weighted by molar-refractivity contribution is -0.142. The molecule has 0 radical (unpaired) electrons. The van der Waals surface area contributed by atoms with E-state index >= 15 is 0 Å². The quantitative estimate of drug-likeness (QED) is 0.568. The van der Waals surface area contributed by atoms with E-state index in [1.165, 1.54) is 6.92 Å². The average molecular weight is 172 g/mol. The lowest BCUT2D eigenvalue weighted by atomic mass is 10.2. The van der Waals surface area contributed by atoms with Gasteiger partial charge in [0.15, 0.2) is 0 Å². The van der Waals surface area contributed by atoms with Gasteiger partial charge in [-0.25, -0.2) is 0 Å². The first kappa shape index (κ1) is 9.48. The first-order valence-electron chi connectivity index (χ1n) is 4.24. The molecule has 12 heavy (non-hydrogen) atoms. The molecule has 1 unspecified atom stereocenters. The van der Waals surface area contributed by atoms with Crippen LogP contribution in [0.4, 0.5) is 0 Å². The zero-order chi connectivity index (χ0) is 8.97. The van der Waals surface area contributed by atoms with Gasteiger partial charge in [-0.2, -0.15) is 0 Å². The van der Waals surface area contributed by atoms with E-state index in [1.807, 2.05) is 0 Å². The van der Waals surface area contributed by atoms with Crippen molar-refractivity contribution in [2.24, 2.45) is 0 Å². The molecule has 70 valence electrons. The molecule has 0 aliphatic carbocycles. The minimum atomic E-state index is -0.204. The Hall–Kier alpha value is -0.610. The van der Waals surface area contributed by atoms with Gasteiger partial charge < -0.3 is 15.0 Å². The maximum absolute atomic E-state index is 10.5. The maximum Gasteiger partial charge on any atom is 0.302 e. The highest BCUT2D eigenvalue weighted by molar-refractivity contribution is 5.65. The Morgan fingerprint density at radius 2 is 2.50 bits per heavy atom. The van der Waals surface area contributed by atoms with E-state index < -0.39 is 0 Å². The Kier molecular flexibility index (Phi) is 3.49. The number of ether oxygens (including phenoxy) is 1. The smallest absolute Gasteiger partial charge is 0.302 e. The van der Waals surface area contributed by atoms with Crippen molar-refractivity contribution >= 4 is 5.97 Å². The SMILES string of the molecule is CC(=O)OCC1CN(C)CCN1. The average Bonchev–Trinajstić information content (AvgIpc) is 2.01. The Morgan fingerprint density at radius 3 is 3.08 bits per heavy atom. The zero-order valence-electron chi connectivity index (χ0n) is 7.67. The number of hydrogen-bond acceptors (Lipinski definition) is 4. The Labute approximate surface area is 72.9 Å². The number of hydrogen-bond donors (Lipinski definition) is 1. The second kappa shape index (κ2) is 4.42. The van der Waals surface area contributed by atoms with Crippen LogP contribution in [0.5, 0.6) is 0 Å². The van der Waals surface area contributed by atoms with E-state index in [0.29, 0.717) is 12.6 Å². The van der Waals surface area contributed by atoms with Crippen molar-refractivity contribution < 1.29 is 9.53 Å². The summed E-state index contributed by atoms with van der Waals surface area (Å²) in [4.78, 5) is 12.7. The number of carbonyl (C=O) groups excluding carboxylic acids is 1. The van der Waals surface area contributed by atoms with Gasteiger partial charge in [0.05, 0.1) is 6.04 Å². The fourth-order valence-electron chi connectivity index (χ4n) is 1.32. The predicted molar refractivity (Wildman–Crippen MR) is 45.9 cm³/mol. The summed E-state index contributed by atoms with van der Waals surface area (Å²) >= 11 is 0. The van der Waals surface area contributed by atoms with Crippen LogP contribution >= 0.6 is 0 Å². The lowest BCUT2D eigenvalue weighted by Gasteiger charge is -2.30. The molecule has 0 aromatic rings. The van der Waals surface area contributed by atoms with Crippen molar-refractivity contribution in [3.63, 3.8) is 0 Å². The molecule has 1 aliphatic heterocycles. The summed E-state index contributed by atoms with van der Waals surface area (Å²) < 4.78 is 4.90. The number of rotatable bonds is 2. The number of carbonyl (C=O) groups is 1. The number of likely N-dealkylation sites (N-methyl/N-ethyl adjacent to an activating group) is 1. The predicted octanol–water partition coefficient (Wildman–Crippen LogP) is -0.547. The van der Waals surface area contributed by atoms with Crippen LogP contribution in [0.15, 0.2) is 0 Å². The summed E-state index contributed by atoms with van der Waals surface area (Å²) in [6.07, 6.45) is 0.